The van der Waals surface area contributed by atoms with E-state index in [0.29, 0.717) is 13.1 Å². The molecule has 0 saturated carbocycles. The van der Waals surface area contributed by atoms with Gasteiger partial charge in [-0.1, -0.05) is 19.1 Å². The van der Waals surface area contributed by atoms with E-state index in [1.165, 1.54) is 4.88 Å². The van der Waals surface area contributed by atoms with E-state index >= 15 is 0 Å². The molecule has 30 heavy (non-hydrogen) atoms. The first-order chi connectivity index (χ1) is 14.2. The number of guanidine groups is 1. The minimum atomic E-state index is -0.0203. The SMILES string of the molecule is CCNC(=NCc1cccc(NC(=O)N2CCCC2)c1)NCc1ncc(CC)s1.I. The molecule has 0 radical (unpaired) electrons. The maximum Gasteiger partial charge on any atom is 0.321 e. The number of hydrogen-bond donors (Lipinski definition) is 3. The van der Waals surface area contributed by atoms with Crippen molar-refractivity contribution in [2.75, 3.05) is 25.0 Å². The molecule has 1 saturated heterocycles. The fourth-order valence-electron chi connectivity index (χ4n) is 3.13. The summed E-state index contributed by atoms with van der Waals surface area (Å²) in [4.78, 5) is 24.5. The van der Waals surface area contributed by atoms with Gasteiger partial charge >= 0.3 is 6.03 Å². The Morgan fingerprint density at radius 2 is 2.03 bits per heavy atom. The van der Waals surface area contributed by atoms with Gasteiger partial charge < -0.3 is 20.9 Å². The lowest BCUT2D eigenvalue weighted by molar-refractivity contribution is 0.222. The summed E-state index contributed by atoms with van der Waals surface area (Å²) in [5.74, 6) is 0.757. The molecular formula is C21H31IN6OS. The molecule has 2 heterocycles. The van der Waals surface area contributed by atoms with Crippen LogP contribution in [0.4, 0.5) is 10.5 Å². The Balaban J connectivity index is 0.00000320. The minimum Gasteiger partial charge on any atom is -0.357 e. The first-order valence-electron chi connectivity index (χ1n) is 10.3. The summed E-state index contributed by atoms with van der Waals surface area (Å²) in [5.41, 5.74) is 1.85. The maximum absolute atomic E-state index is 12.3. The third kappa shape index (κ3) is 7.42. The van der Waals surface area contributed by atoms with Crippen LogP contribution < -0.4 is 16.0 Å². The average Bonchev–Trinajstić information content (AvgIpc) is 3.42. The molecule has 0 bridgehead atoms. The second kappa shape index (κ2) is 12.7. The van der Waals surface area contributed by atoms with Gasteiger partial charge in [0.05, 0.1) is 13.1 Å². The van der Waals surface area contributed by atoms with Crippen molar-refractivity contribution in [2.45, 2.75) is 46.2 Å². The van der Waals surface area contributed by atoms with E-state index in [9.17, 15) is 4.79 Å². The van der Waals surface area contributed by atoms with Crippen LogP contribution >= 0.6 is 35.3 Å². The Morgan fingerprint density at radius 1 is 1.23 bits per heavy atom. The number of thiazole rings is 1. The number of hydrogen-bond acceptors (Lipinski definition) is 4. The van der Waals surface area contributed by atoms with Crippen LogP contribution in [0.15, 0.2) is 35.5 Å². The van der Waals surface area contributed by atoms with Gasteiger partial charge in [-0.15, -0.1) is 35.3 Å². The summed E-state index contributed by atoms with van der Waals surface area (Å²) in [5, 5.41) is 10.7. The van der Waals surface area contributed by atoms with E-state index in [1.807, 2.05) is 42.3 Å². The first-order valence-corrected chi connectivity index (χ1v) is 11.1. The number of nitrogens with one attached hydrogen (secondary N) is 3. The molecule has 1 aromatic carbocycles. The number of aryl methyl sites for hydroxylation is 1. The highest BCUT2D eigenvalue weighted by atomic mass is 127. The van der Waals surface area contributed by atoms with Crippen LogP contribution in [0.2, 0.25) is 0 Å². The monoisotopic (exact) mass is 542 g/mol. The molecule has 7 nitrogen and oxygen atoms in total. The largest absolute Gasteiger partial charge is 0.357 e. The number of amides is 2. The molecule has 3 rings (SSSR count). The van der Waals surface area contributed by atoms with Crippen molar-refractivity contribution in [3.63, 3.8) is 0 Å². The fraction of sp³-hybridized carbons (Fsp3) is 0.476. The number of likely N-dealkylation sites (tertiary alicyclic amines) is 1. The van der Waals surface area contributed by atoms with Crippen molar-refractivity contribution in [2.24, 2.45) is 4.99 Å². The number of rotatable bonds is 7. The van der Waals surface area contributed by atoms with Gasteiger partial charge in [0.15, 0.2) is 5.96 Å². The fourth-order valence-corrected chi connectivity index (χ4v) is 3.94. The second-order valence-corrected chi connectivity index (χ2v) is 8.15. The van der Waals surface area contributed by atoms with Gasteiger partial charge in [-0.25, -0.2) is 14.8 Å². The van der Waals surface area contributed by atoms with E-state index in [0.717, 1.165) is 61.1 Å². The third-order valence-electron chi connectivity index (χ3n) is 4.69. The van der Waals surface area contributed by atoms with Gasteiger partial charge in [0, 0.05) is 36.4 Å². The molecule has 0 aliphatic carbocycles. The van der Waals surface area contributed by atoms with Crippen molar-refractivity contribution < 1.29 is 4.79 Å². The van der Waals surface area contributed by atoms with Crippen LogP contribution in [-0.2, 0) is 19.5 Å². The number of urea groups is 1. The normalized spacial score (nSPS) is 13.7. The number of benzene rings is 1. The lowest BCUT2D eigenvalue weighted by Crippen LogP contribution is -2.36. The molecule has 0 spiro atoms. The number of nitrogens with zero attached hydrogens (tertiary/aromatic N) is 3. The van der Waals surface area contributed by atoms with Crippen molar-refractivity contribution in [3.05, 3.63) is 45.9 Å². The van der Waals surface area contributed by atoms with Crippen molar-refractivity contribution in [1.29, 1.82) is 0 Å². The average molecular weight is 542 g/mol. The van der Waals surface area contributed by atoms with Crippen LogP contribution in [0, 0.1) is 0 Å². The molecule has 1 fully saturated rings. The molecule has 3 N–H and O–H groups in total. The highest BCUT2D eigenvalue weighted by molar-refractivity contribution is 14.0. The van der Waals surface area contributed by atoms with Gasteiger partial charge in [-0.3, -0.25) is 0 Å². The molecule has 164 valence electrons. The zero-order valence-corrected chi connectivity index (χ0v) is 20.8. The van der Waals surface area contributed by atoms with E-state index in [1.54, 1.807) is 11.3 Å². The first kappa shape index (κ1) is 24.4. The van der Waals surface area contributed by atoms with Crippen LogP contribution in [0.25, 0.3) is 0 Å². The van der Waals surface area contributed by atoms with Gasteiger partial charge in [0.25, 0.3) is 0 Å². The van der Waals surface area contributed by atoms with Crippen molar-refractivity contribution in [3.8, 4) is 0 Å². The van der Waals surface area contributed by atoms with Gasteiger partial charge in [0.2, 0.25) is 0 Å². The predicted molar refractivity (Wildman–Crippen MR) is 135 cm³/mol. The van der Waals surface area contributed by atoms with E-state index in [-0.39, 0.29) is 30.0 Å². The van der Waals surface area contributed by atoms with Crippen molar-refractivity contribution >= 4 is 53.0 Å². The number of aromatic nitrogens is 1. The van der Waals surface area contributed by atoms with Crippen LogP contribution in [-0.4, -0.2) is 41.5 Å². The zero-order valence-electron chi connectivity index (χ0n) is 17.6. The minimum absolute atomic E-state index is 0. The predicted octanol–water partition coefficient (Wildman–Crippen LogP) is 4.21. The Kier molecular flexibility index (Phi) is 10.4. The quantitative estimate of drug-likeness (QED) is 0.278. The molecule has 1 aromatic heterocycles. The molecule has 2 amide bonds. The molecule has 1 aliphatic heterocycles. The number of carbonyl (C=O) groups excluding carboxylic acids is 1. The number of aliphatic imine (C=N–C) groups is 1. The summed E-state index contributed by atoms with van der Waals surface area (Å²) in [7, 11) is 0. The molecule has 1 aliphatic rings. The second-order valence-electron chi connectivity index (χ2n) is 6.95. The van der Waals surface area contributed by atoms with Crippen LogP contribution in [0.5, 0.6) is 0 Å². The Labute approximate surface area is 199 Å². The summed E-state index contributed by atoms with van der Waals surface area (Å²) >= 11 is 1.72. The lowest BCUT2D eigenvalue weighted by Gasteiger charge is -2.16. The Bertz CT molecular complexity index is 834. The standard InChI is InChI=1S/C21H30N6OS.HI/c1-3-18-14-23-19(29-18)15-25-20(22-4-2)24-13-16-8-7-9-17(12-16)26-21(28)27-10-5-6-11-27;/h7-9,12,14H,3-6,10-11,13,15H2,1-2H3,(H,26,28)(H2,22,24,25);1H. The van der Waals surface area contributed by atoms with Crippen LogP contribution in [0.3, 0.4) is 0 Å². The van der Waals surface area contributed by atoms with Gasteiger partial charge in [-0.2, -0.15) is 0 Å². The zero-order chi connectivity index (χ0) is 20.5. The number of anilines is 1. The molecular weight excluding hydrogens is 511 g/mol. The highest BCUT2D eigenvalue weighted by Crippen LogP contribution is 2.15. The van der Waals surface area contributed by atoms with Crippen LogP contribution in [0.1, 0.15) is 42.1 Å². The summed E-state index contributed by atoms with van der Waals surface area (Å²) in [6, 6.07) is 7.85. The summed E-state index contributed by atoms with van der Waals surface area (Å²) < 4.78 is 0. The number of carbonyl (C=O) groups is 1. The van der Waals surface area contributed by atoms with E-state index in [4.69, 9.17) is 0 Å². The smallest absolute Gasteiger partial charge is 0.321 e. The molecule has 2 aromatic rings. The Hall–Kier alpha value is -1.88. The molecule has 0 unspecified atom stereocenters. The Morgan fingerprint density at radius 3 is 2.73 bits per heavy atom. The molecule has 0 atom stereocenters. The topological polar surface area (TPSA) is 81.7 Å². The van der Waals surface area contributed by atoms with Crippen molar-refractivity contribution in [1.82, 2.24) is 20.5 Å². The van der Waals surface area contributed by atoms with E-state index < -0.39 is 0 Å². The summed E-state index contributed by atoms with van der Waals surface area (Å²) in [6.45, 7) is 7.83. The maximum atomic E-state index is 12.3. The summed E-state index contributed by atoms with van der Waals surface area (Å²) in [6.07, 6.45) is 5.12. The number of halogens is 1. The highest BCUT2D eigenvalue weighted by Gasteiger charge is 2.17. The van der Waals surface area contributed by atoms with Gasteiger partial charge in [0.1, 0.15) is 5.01 Å². The van der Waals surface area contributed by atoms with Gasteiger partial charge in [-0.05, 0) is 43.9 Å². The third-order valence-corrected chi connectivity index (χ3v) is 5.83. The lowest BCUT2D eigenvalue weighted by atomic mass is 10.2. The molecule has 9 heteroatoms. The van der Waals surface area contributed by atoms with E-state index in [2.05, 4.69) is 32.9 Å².